The summed E-state index contributed by atoms with van der Waals surface area (Å²) in [6.45, 7) is 5.26. The van der Waals surface area contributed by atoms with Crippen LogP contribution in [0.25, 0.3) is 15.8 Å². The van der Waals surface area contributed by atoms with Crippen molar-refractivity contribution in [1.29, 1.82) is 0 Å². The van der Waals surface area contributed by atoms with Crippen molar-refractivity contribution in [2.75, 3.05) is 11.1 Å². The van der Waals surface area contributed by atoms with E-state index in [0.29, 0.717) is 21.6 Å². The third-order valence-electron chi connectivity index (χ3n) is 4.11. The van der Waals surface area contributed by atoms with E-state index in [4.69, 9.17) is 5.73 Å². The maximum atomic E-state index is 12.7. The number of aliphatic imine (C=N–C) groups is 1. The summed E-state index contributed by atoms with van der Waals surface area (Å²) in [5.41, 5.74) is 8.22. The Morgan fingerprint density at radius 3 is 2.58 bits per heavy atom. The van der Waals surface area contributed by atoms with Crippen LogP contribution >= 0.6 is 11.3 Å². The Hall–Kier alpha value is -3.66. The number of halogens is 3. The van der Waals surface area contributed by atoms with Crippen molar-refractivity contribution in [1.82, 2.24) is 4.98 Å². The molecule has 1 aromatic carbocycles. The molecule has 0 spiro atoms. The number of hydrogen-bond donors (Lipinski definition) is 2. The molecule has 10 heteroatoms. The van der Waals surface area contributed by atoms with E-state index in [-0.39, 0.29) is 16.3 Å². The molecule has 0 aliphatic carbocycles. The quantitative estimate of drug-likeness (QED) is 0.378. The number of anilines is 2. The number of ether oxygens (including phenoxy) is 1. The number of allylic oxidation sites excluding steroid dienone is 3. The first-order chi connectivity index (χ1) is 14.7. The van der Waals surface area contributed by atoms with Gasteiger partial charge >= 0.3 is 6.36 Å². The summed E-state index contributed by atoms with van der Waals surface area (Å²) in [4.78, 5) is 21.8. The van der Waals surface area contributed by atoms with Crippen LogP contribution in [0.1, 0.15) is 22.3 Å². The number of pyridine rings is 1. The Balaban J connectivity index is 1.83. The van der Waals surface area contributed by atoms with Crippen molar-refractivity contribution in [2.24, 2.45) is 4.99 Å². The van der Waals surface area contributed by atoms with Gasteiger partial charge in [-0.3, -0.25) is 9.79 Å². The van der Waals surface area contributed by atoms with Crippen LogP contribution < -0.4 is 15.8 Å². The van der Waals surface area contributed by atoms with Crippen LogP contribution in [-0.4, -0.2) is 24.0 Å². The molecule has 0 fully saturated rings. The number of rotatable bonds is 6. The minimum absolute atomic E-state index is 0.251. The molecule has 31 heavy (non-hydrogen) atoms. The Bertz CT molecular complexity index is 1180. The second kappa shape index (κ2) is 9.00. The van der Waals surface area contributed by atoms with Crippen LogP contribution in [-0.2, 0) is 0 Å². The van der Waals surface area contributed by atoms with Gasteiger partial charge in [0.1, 0.15) is 15.5 Å². The first kappa shape index (κ1) is 22.0. The molecule has 3 N–H and O–H groups in total. The van der Waals surface area contributed by atoms with Crippen LogP contribution in [0.4, 0.5) is 24.5 Å². The van der Waals surface area contributed by atoms with E-state index in [1.54, 1.807) is 24.4 Å². The number of fused-ring (bicyclic) bond motifs is 1. The monoisotopic (exact) mass is 446 g/mol. The zero-order valence-electron chi connectivity index (χ0n) is 16.2. The number of nitrogen functional groups attached to an aromatic ring is 1. The summed E-state index contributed by atoms with van der Waals surface area (Å²) in [6, 6.07) is 8.39. The second-order valence-electron chi connectivity index (χ2n) is 6.16. The van der Waals surface area contributed by atoms with Gasteiger partial charge in [-0.25, -0.2) is 4.98 Å². The molecule has 1 amide bonds. The van der Waals surface area contributed by atoms with Gasteiger partial charge in [-0.05, 0) is 61.7 Å². The standard InChI is InChI=1S/C21H17F3N4O2S/c1-3-12(10-11-26-2)16-9-8-15-17(25)18(31-20(15)28-16)19(29)27-13-4-6-14(7-5-13)30-21(22,23)24/h3-11H,2,25H2,1H3,(H,27,29). The van der Waals surface area contributed by atoms with Crippen LogP contribution in [0.2, 0.25) is 0 Å². The van der Waals surface area contributed by atoms with Crippen molar-refractivity contribution in [3.63, 3.8) is 0 Å². The summed E-state index contributed by atoms with van der Waals surface area (Å²) in [5.74, 6) is -0.877. The summed E-state index contributed by atoms with van der Waals surface area (Å²) in [5, 5.41) is 3.24. The Labute approximate surface area is 179 Å². The lowest BCUT2D eigenvalue weighted by molar-refractivity contribution is -0.274. The minimum atomic E-state index is -4.78. The fraction of sp³-hybridized carbons (Fsp3) is 0.0952. The van der Waals surface area contributed by atoms with E-state index in [2.05, 4.69) is 26.7 Å². The number of nitrogens with one attached hydrogen (secondary N) is 1. The number of benzene rings is 1. The number of carbonyl (C=O) groups is 1. The van der Waals surface area contributed by atoms with Crippen molar-refractivity contribution >= 4 is 51.1 Å². The van der Waals surface area contributed by atoms with Gasteiger partial charge in [0.25, 0.3) is 5.91 Å². The summed E-state index contributed by atoms with van der Waals surface area (Å²) < 4.78 is 40.6. The van der Waals surface area contributed by atoms with E-state index >= 15 is 0 Å². The maximum Gasteiger partial charge on any atom is 0.573 e. The molecule has 0 bridgehead atoms. The van der Waals surface area contributed by atoms with Crippen molar-refractivity contribution in [3.05, 3.63) is 65.3 Å². The van der Waals surface area contributed by atoms with E-state index in [1.165, 1.54) is 12.1 Å². The fourth-order valence-electron chi connectivity index (χ4n) is 2.72. The van der Waals surface area contributed by atoms with Crippen LogP contribution in [0.3, 0.4) is 0 Å². The molecule has 3 rings (SSSR count). The van der Waals surface area contributed by atoms with Gasteiger partial charge in [0.05, 0.1) is 11.4 Å². The average Bonchev–Trinajstić information content (AvgIpc) is 3.05. The molecule has 2 aromatic heterocycles. The number of hydrogen-bond acceptors (Lipinski definition) is 6. The molecular formula is C21H17F3N4O2S. The molecule has 0 saturated heterocycles. The topological polar surface area (TPSA) is 89.6 Å². The molecule has 3 aromatic rings. The maximum absolute atomic E-state index is 12.7. The highest BCUT2D eigenvalue weighted by atomic mass is 32.1. The lowest BCUT2D eigenvalue weighted by Gasteiger charge is -2.09. The summed E-state index contributed by atoms with van der Waals surface area (Å²) in [7, 11) is 0. The average molecular weight is 446 g/mol. The number of carbonyl (C=O) groups excluding carboxylic acids is 1. The van der Waals surface area contributed by atoms with Gasteiger partial charge in [0, 0.05) is 17.3 Å². The smallest absolute Gasteiger partial charge is 0.406 e. The number of aromatic nitrogens is 1. The van der Waals surface area contributed by atoms with Gasteiger partial charge < -0.3 is 15.8 Å². The number of amides is 1. The number of nitrogens with zero attached hydrogens (tertiary/aromatic N) is 2. The molecule has 160 valence electrons. The van der Waals surface area contributed by atoms with Gasteiger partial charge in [-0.1, -0.05) is 6.08 Å². The fourth-order valence-corrected chi connectivity index (χ4v) is 3.71. The van der Waals surface area contributed by atoms with E-state index in [0.717, 1.165) is 29.0 Å². The second-order valence-corrected chi connectivity index (χ2v) is 7.16. The van der Waals surface area contributed by atoms with Gasteiger partial charge in [-0.15, -0.1) is 24.5 Å². The lowest BCUT2D eigenvalue weighted by Crippen LogP contribution is -2.17. The van der Waals surface area contributed by atoms with Crippen molar-refractivity contribution in [2.45, 2.75) is 13.3 Å². The Morgan fingerprint density at radius 2 is 1.97 bits per heavy atom. The highest BCUT2D eigenvalue weighted by molar-refractivity contribution is 7.21. The number of alkyl halides is 3. The number of nitrogens with two attached hydrogens (primary N) is 1. The molecule has 6 nitrogen and oxygen atoms in total. The van der Waals surface area contributed by atoms with E-state index < -0.39 is 12.3 Å². The van der Waals surface area contributed by atoms with Crippen molar-refractivity contribution in [3.8, 4) is 5.75 Å². The predicted molar refractivity (Wildman–Crippen MR) is 117 cm³/mol. The number of thiophene rings is 1. The first-order valence-corrected chi connectivity index (χ1v) is 9.68. The Kier molecular flexibility index (Phi) is 6.40. The molecule has 0 aliphatic heterocycles. The highest BCUT2D eigenvalue weighted by Crippen LogP contribution is 2.34. The third-order valence-corrected chi connectivity index (χ3v) is 5.23. The lowest BCUT2D eigenvalue weighted by atomic mass is 10.1. The minimum Gasteiger partial charge on any atom is -0.406 e. The summed E-state index contributed by atoms with van der Waals surface area (Å²) >= 11 is 1.12. The van der Waals surface area contributed by atoms with Gasteiger partial charge in [0.15, 0.2) is 0 Å². The third kappa shape index (κ3) is 5.28. The summed E-state index contributed by atoms with van der Waals surface area (Å²) in [6.07, 6.45) is 0.394. The van der Waals surface area contributed by atoms with Crippen LogP contribution in [0.5, 0.6) is 5.75 Å². The SMILES string of the molecule is C=NC=CC(=CC)c1ccc2c(N)c(C(=O)Nc3ccc(OC(F)(F)F)cc3)sc2n1. The normalized spacial score (nSPS) is 12.3. The van der Waals surface area contributed by atoms with Crippen LogP contribution in [0.15, 0.2) is 59.7 Å². The zero-order chi connectivity index (χ0) is 22.6. The first-order valence-electron chi connectivity index (χ1n) is 8.87. The molecule has 0 aliphatic rings. The van der Waals surface area contributed by atoms with E-state index in [1.807, 2.05) is 13.0 Å². The molecule has 0 radical (unpaired) electrons. The van der Waals surface area contributed by atoms with E-state index in [9.17, 15) is 18.0 Å². The Morgan fingerprint density at radius 1 is 1.26 bits per heavy atom. The molecule has 0 atom stereocenters. The molecular weight excluding hydrogens is 429 g/mol. The van der Waals surface area contributed by atoms with Crippen LogP contribution in [0, 0.1) is 0 Å². The zero-order valence-corrected chi connectivity index (χ0v) is 17.1. The highest BCUT2D eigenvalue weighted by Gasteiger charge is 2.31. The van der Waals surface area contributed by atoms with Gasteiger partial charge in [-0.2, -0.15) is 0 Å². The molecule has 0 unspecified atom stereocenters. The molecule has 0 saturated carbocycles. The largest absolute Gasteiger partial charge is 0.573 e. The predicted octanol–water partition coefficient (Wildman–Crippen LogP) is 5.65. The van der Waals surface area contributed by atoms with Gasteiger partial charge in [0.2, 0.25) is 0 Å². The molecule has 2 heterocycles. The van der Waals surface area contributed by atoms with Crippen molar-refractivity contribution < 1.29 is 22.7 Å².